The Morgan fingerprint density at radius 2 is 1.20 bits per heavy atom. The van der Waals surface area contributed by atoms with Crippen molar-refractivity contribution in [3.05, 3.63) is 24.0 Å². The van der Waals surface area contributed by atoms with Gasteiger partial charge in [0, 0.05) is 0 Å². The molecule has 1 saturated carbocycles. The average Bonchev–Trinajstić information content (AvgIpc) is 2.98. The Labute approximate surface area is 260 Å². The fraction of sp³-hybridized carbons (Fsp3) is 0.765. The van der Waals surface area contributed by atoms with Crippen molar-refractivity contribution in [3.63, 3.8) is 0 Å². The van der Waals surface area contributed by atoms with Gasteiger partial charge in [-0.3, -0.25) is 0 Å². The minimum atomic E-state index is -2.01. The maximum Gasteiger partial charge on any atom is 0.249 e. The SMILES string of the molecule is CC[Si](CC)(CC)O/C=C1\CCC[C@](C#C/C=C\C#C[Si](C)(C)C)(O[Si](CC)(CC)CC)[C@@H]1O[Si](CC)(CC)CC. The van der Waals surface area contributed by atoms with Crippen molar-refractivity contribution in [3.8, 4) is 23.3 Å². The van der Waals surface area contributed by atoms with Crippen molar-refractivity contribution in [2.24, 2.45) is 0 Å². The topological polar surface area (TPSA) is 27.7 Å². The minimum absolute atomic E-state index is 0.175. The molecule has 1 rings (SSSR count). The highest BCUT2D eigenvalue weighted by atomic mass is 28.4. The smallest absolute Gasteiger partial charge is 0.249 e. The summed E-state index contributed by atoms with van der Waals surface area (Å²) in [6.45, 7) is 27.6. The van der Waals surface area contributed by atoms with Gasteiger partial charge in [-0.25, -0.2) is 0 Å². The lowest BCUT2D eigenvalue weighted by molar-refractivity contribution is -0.0141. The standard InChI is InChI=1S/C34H64O3Si4/c1-13-39(14-2,15-3)35-31-32-27-26-29-34(37-41(19-7,20-8)21-9,28-24-22-23-25-30-38(10,11)12)33(32)36-40(16-4,17-5)18-6/h22-23,31,33H,13-21,26-27,29H2,1-12H3/b23-22-,32-31+/t33-,34+/m1/s1. The van der Waals surface area contributed by atoms with Crippen LogP contribution in [-0.2, 0) is 13.3 Å². The number of hydrogen-bond donors (Lipinski definition) is 0. The van der Waals surface area contributed by atoms with E-state index >= 15 is 0 Å². The highest BCUT2D eigenvalue weighted by Crippen LogP contribution is 2.44. The molecule has 0 bridgehead atoms. The summed E-state index contributed by atoms with van der Waals surface area (Å²) in [5.74, 6) is 10.4. The van der Waals surface area contributed by atoms with Gasteiger partial charge >= 0.3 is 0 Å². The summed E-state index contributed by atoms with van der Waals surface area (Å²) in [7, 11) is -7.20. The summed E-state index contributed by atoms with van der Waals surface area (Å²) in [5, 5.41) is 0. The second-order valence-corrected chi connectivity index (χ2v) is 31.9. The van der Waals surface area contributed by atoms with E-state index in [4.69, 9.17) is 13.3 Å². The summed E-state index contributed by atoms with van der Waals surface area (Å²) in [6.07, 6.45) is 8.78. The predicted octanol–water partition coefficient (Wildman–Crippen LogP) is 10.7. The van der Waals surface area contributed by atoms with Crippen molar-refractivity contribution >= 4 is 33.0 Å². The third-order valence-electron chi connectivity index (χ3n) is 9.78. The molecule has 0 spiro atoms. The van der Waals surface area contributed by atoms with Gasteiger partial charge in [0.15, 0.2) is 16.6 Å². The summed E-state index contributed by atoms with van der Waals surface area (Å²) in [6, 6.07) is 10.0. The van der Waals surface area contributed by atoms with Gasteiger partial charge in [0.2, 0.25) is 8.32 Å². The first-order chi connectivity index (χ1) is 19.4. The van der Waals surface area contributed by atoms with E-state index in [-0.39, 0.29) is 6.10 Å². The van der Waals surface area contributed by atoms with Crippen LogP contribution in [0.5, 0.6) is 0 Å². The Morgan fingerprint density at radius 3 is 1.66 bits per heavy atom. The molecule has 0 N–H and O–H groups in total. The average molecular weight is 633 g/mol. The third-order valence-corrected chi connectivity index (χ3v) is 24.4. The van der Waals surface area contributed by atoms with Crippen LogP contribution in [-0.4, -0.2) is 44.7 Å². The zero-order valence-corrected chi connectivity index (χ0v) is 33.0. The summed E-state index contributed by atoms with van der Waals surface area (Å²) < 4.78 is 21.8. The molecule has 1 fully saturated rings. The Balaban J connectivity index is 3.87. The van der Waals surface area contributed by atoms with E-state index in [0.717, 1.165) is 73.7 Å². The van der Waals surface area contributed by atoms with Crippen LogP contribution in [0.2, 0.25) is 74.0 Å². The molecular formula is C34H64O3Si4. The second kappa shape index (κ2) is 17.5. The molecule has 0 saturated heterocycles. The molecule has 0 aromatic rings. The van der Waals surface area contributed by atoms with Crippen molar-refractivity contribution in [2.75, 3.05) is 0 Å². The van der Waals surface area contributed by atoms with E-state index in [2.05, 4.69) is 112 Å². The molecule has 0 unspecified atom stereocenters. The molecule has 0 aromatic heterocycles. The molecule has 0 amide bonds. The van der Waals surface area contributed by atoms with Gasteiger partial charge in [-0.2, -0.15) is 0 Å². The third kappa shape index (κ3) is 10.7. The zero-order valence-electron chi connectivity index (χ0n) is 29.0. The molecule has 0 heterocycles. The first-order valence-corrected chi connectivity index (χ1v) is 27.9. The minimum Gasteiger partial charge on any atom is -0.549 e. The maximum absolute atomic E-state index is 7.52. The lowest BCUT2D eigenvalue weighted by atomic mass is 9.80. The molecular weight excluding hydrogens is 569 g/mol. The Hall–Kier alpha value is -0.812. The summed E-state index contributed by atoms with van der Waals surface area (Å²) in [5.41, 5.74) is 4.05. The maximum atomic E-state index is 7.52. The van der Waals surface area contributed by atoms with Crippen LogP contribution in [0.3, 0.4) is 0 Å². The van der Waals surface area contributed by atoms with Crippen LogP contribution < -0.4 is 0 Å². The van der Waals surface area contributed by atoms with Crippen molar-refractivity contribution in [2.45, 2.75) is 167 Å². The van der Waals surface area contributed by atoms with E-state index < -0.39 is 38.6 Å². The van der Waals surface area contributed by atoms with Crippen molar-refractivity contribution < 1.29 is 13.3 Å². The number of rotatable bonds is 15. The first kappa shape index (κ1) is 38.2. The first-order valence-electron chi connectivity index (χ1n) is 16.8. The number of hydrogen-bond acceptors (Lipinski definition) is 3. The molecule has 41 heavy (non-hydrogen) atoms. The molecule has 0 radical (unpaired) electrons. The van der Waals surface area contributed by atoms with E-state index in [9.17, 15) is 0 Å². The summed E-state index contributed by atoms with van der Waals surface area (Å²) in [4.78, 5) is 0. The van der Waals surface area contributed by atoms with Gasteiger partial charge in [0.05, 0.1) is 6.26 Å². The van der Waals surface area contributed by atoms with E-state index in [1.165, 1.54) is 5.57 Å². The number of allylic oxidation sites excluding steroid dienone is 2. The second-order valence-electron chi connectivity index (χ2n) is 13.0. The van der Waals surface area contributed by atoms with Crippen LogP contribution >= 0.6 is 0 Å². The summed E-state index contributed by atoms with van der Waals surface area (Å²) >= 11 is 0. The fourth-order valence-electron chi connectivity index (χ4n) is 5.98. The van der Waals surface area contributed by atoms with Crippen LogP contribution in [0.4, 0.5) is 0 Å². The van der Waals surface area contributed by atoms with Gasteiger partial charge in [0.1, 0.15) is 19.8 Å². The van der Waals surface area contributed by atoms with E-state index in [1.54, 1.807) is 0 Å². The van der Waals surface area contributed by atoms with Crippen LogP contribution in [0.15, 0.2) is 24.0 Å². The predicted molar refractivity (Wildman–Crippen MR) is 191 cm³/mol. The van der Waals surface area contributed by atoms with Crippen molar-refractivity contribution in [1.29, 1.82) is 0 Å². The fourth-order valence-corrected chi connectivity index (χ4v) is 14.7. The lowest BCUT2D eigenvalue weighted by Gasteiger charge is -2.49. The van der Waals surface area contributed by atoms with E-state index in [1.807, 2.05) is 12.2 Å². The Kier molecular flexibility index (Phi) is 16.3. The van der Waals surface area contributed by atoms with Crippen molar-refractivity contribution in [1.82, 2.24) is 0 Å². The Bertz CT molecular complexity index is 939. The quantitative estimate of drug-likeness (QED) is 0.102. The highest BCUT2D eigenvalue weighted by molar-refractivity contribution is 6.83. The highest BCUT2D eigenvalue weighted by Gasteiger charge is 2.51. The van der Waals surface area contributed by atoms with Gasteiger partial charge in [-0.1, -0.05) is 99.7 Å². The molecule has 1 aliphatic rings. The van der Waals surface area contributed by atoms with Gasteiger partial charge < -0.3 is 13.3 Å². The molecule has 0 aliphatic heterocycles. The van der Waals surface area contributed by atoms with Gasteiger partial charge in [-0.15, -0.1) is 5.54 Å². The molecule has 7 heteroatoms. The largest absolute Gasteiger partial charge is 0.549 e. The van der Waals surface area contributed by atoms with E-state index in [0.29, 0.717) is 0 Å². The van der Waals surface area contributed by atoms with Gasteiger partial charge in [0.25, 0.3) is 0 Å². The lowest BCUT2D eigenvalue weighted by Crippen LogP contribution is -2.59. The van der Waals surface area contributed by atoms with Crippen LogP contribution in [0.25, 0.3) is 0 Å². The molecule has 3 nitrogen and oxygen atoms in total. The molecule has 0 aromatic carbocycles. The molecule has 1 aliphatic carbocycles. The molecule has 234 valence electrons. The molecule has 2 atom stereocenters. The Morgan fingerprint density at radius 1 is 0.707 bits per heavy atom. The zero-order chi connectivity index (χ0) is 31.2. The van der Waals surface area contributed by atoms with Gasteiger partial charge in [-0.05, 0) is 91.4 Å². The normalized spacial score (nSPS) is 21.4. The van der Waals surface area contributed by atoms with Crippen LogP contribution in [0.1, 0.15) is 81.6 Å². The monoisotopic (exact) mass is 632 g/mol. The van der Waals surface area contributed by atoms with Crippen LogP contribution in [0, 0.1) is 23.3 Å².